The number of piperidine rings is 1. The maximum atomic E-state index is 6.31. The summed E-state index contributed by atoms with van der Waals surface area (Å²) < 4.78 is 14.5. The molecule has 1 unspecified atom stereocenters. The van der Waals surface area contributed by atoms with Gasteiger partial charge in [-0.05, 0) is 61.6 Å². The molecule has 0 saturated carbocycles. The number of thiazole rings is 1. The van der Waals surface area contributed by atoms with E-state index >= 15 is 0 Å². The quantitative estimate of drug-likeness (QED) is 0.195. The lowest BCUT2D eigenvalue weighted by molar-refractivity contribution is -0.0592. The van der Waals surface area contributed by atoms with Crippen molar-refractivity contribution in [1.29, 1.82) is 0 Å². The predicted octanol–water partition coefficient (Wildman–Crippen LogP) is 6.33. The van der Waals surface area contributed by atoms with E-state index in [4.69, 9.17) is 26.1 Å². The van der Waals surface area contributed by atoms with E-state index in [1.807, 2.05) is 43.5 Å². The van der Waals surface area contributed by atoms with Gasteiger partial charge in [-0.2, -0.15) is 4.98 Å². The Morgan fingerprint density at radius 2 is 1.86 bits per heavy atom. The van der Waals surface area contributed by atoms with E-state index in [1.54, 1.807) is 17.5 Å². The van der Waals surface area contributed by atoms with E-state index in [2.05, 4.69) is 42.6 Å². The van der Waals surface area contributed by atoms with Crippen LogP contribution < -0.4 is 4.74 Å². The number of ether oxygens (including phenoxy) is 2. The molecule has 5 heterocycles. The number of aromatic nitrogens is 5. The first-order chi connectivity index (χ1) is 20.6. The first-order valence-corrected chi connectivity index (χ1v) is 15.7. The summed E-state index contributed by atoms with van der Waals surface area (Å²) in [5.74, 6) is 2.48. The van der Waals surface area contributed by atoms with Crippen LogP contribution in [-0.2, 0) is 24.2 Å². The molecule has 2 fully saturated rings. The zero-order chi connectivity index (χ0) is 28.5. The van der Waals surface area contributed by atoms with E-state index in [1.165, 1.54) is 16.0 Å². The van der Waals surface area contributed by atoms with Gasteiger partial charge >= 0.3 is 0 Å². The smallest absolute Gasteiger partial charge is 0.216 e. The minimum absolute atomic E-state index is 0.132. The number of hydrogen-bond acceptors (Lipinski definition) is 8. The van der Waals surface area contributed by atoms with Crippen molar-refractivity contribution in [2.24, 2.45) is 0 Å². The second-order valence-corrected chi connectivity index (χ2v) is 12.7. The largest absolute Gasteiger partial charge is 0.474 e. The summed E-state index contributed by atoms with van der Waals surface area (Å²) in [7, 11) is 0. The molecule has 0 N–H and O–H groups in total. The Morgan fingerprint density at radius 3 is 2.60 bits per heavy atom. The molecule has 0 spiro atoms. The van der Waals surface area contributed by atoms with E-state index in [9.17, 15) is 0 Å². The highest BCUT2D eigenvalue weighted by Crippen LogP contribution is 2.30. The van der Waals surface area contributed by atoms with Crippen molar-refractivity contribution in [2.45, 2.75) is 57.9 Å². The van der Waals surface area contributed by atoms with Gasteiger partial charge in [0.2, 0.25) is 5.88 Å². The molecular formula is C32H33ClN6O2S. The van der Waals surface area contributed by atoms with Gasteiger partial charge in [0.05, 0.1) is 40.1 Å². The molecule has 2 saturated heterocycles. The average molecular weight is 601 g/mol. The van der Waals surface area contributed by atoms with Crippen LogP contribution in [0.2, 0.25) is 5.02 Å². The highest BCUT2D eigenvalue weighted by Gasteiger charge is 2.26. The van der Waals surface area contributed by atoms with Gasteiger partial charge in [-0.15, -0.1) is 11.3 Å². The maximum absolute atomic E-state index is 6.31. The highest BCUT2D eigenvalue weighted by atomic mass is 35.5. The second kappa shape index (κ2) is 12.1. The summed E-state index contributed by atoms with van der Waals surface area (Å²) in [5, 5.41) is 1.80. The van der Waals surface area contributed by atoms with Gasteiger partial charge in [0.15, 0.2) is 0 Å². The van der Waals surface area contributed by atoms with Crippen molar-refractivity contribution >= 4 is 34.0 Å². The van der Waals surface area contributed by atoms with Crippen LogP contribution in [0.3, 0.4) is 0 Å². The molecule has 0 radical (unpaired) electrons. The molecule has 2 aliphatic rings. The molecule has 1 atom stereocenters. The first-order valence-electron chi connectivity index (χ1n) is 14.5. The van der Waals surface area contributed by atoms with Crippen LogP contribution in [0.25, 0.3) is 21.5 Å². The third-order valence-electron chi connectivity index (χ3n) is 8.06. The third-order valence-corrected chi connectivity index (χ3v) is 9.27. The van der Waals surface area contributed by atoms with E-state index < -0.39 is 0 Å². The van der Waals surface area contributed by atoms with Gasteiger partial charge in [-0.25, -0.2) is 15.0 Å². The van der Waals surface area contributed by atoms with Gasteiger partial charge in [0, 0.05) is 49.6 Å². The van der Waals surface area contributed by atoms with E-state index in [0.29, 0.717) is 12.3 Å². The molecule has 216 valence electrons. The van der Waals surface area contributed by atoms with Gasteiger partial charge in [0.25, 0.3) is 0 Å². The molecule has 2 aliphatic heterocycles. The number of nitrogens with zero attached hydrogens (tertiary/aromatic N) is 6. The van der Waals surface area contributed by atoms with Crippen LogP contribution in [-0.4, -0.2) is 61.3 Å². The van der Waals surface area contributed by atoms with Crippen LogP contribution >= 0.6 is 22.9 Å². The fourth-order valence-corrected chi connectivity index (χ4v) is 6.56. The van der Waals surface area contributed by atoms with Crippen molar-refractivity contribution in [2.75, 3.05) is 19.7 Å². The second-order valence-electron chi connectivity index (χ2n) is 11.1. The Balaban J connectivity index is 1.01. The minimum atomic E-state index is 0.132. The van der Waals surface area contributed by atoms with E-state index in [-0.39, 0.29) is 12.2 Å². The first kappa shape index (κ1) is 27.5. The number of benzene rings is 2. The Hall–Kier alpha value is -3.37. The number of likely N-dealkylation sites (tertiary alicyclic amines) is 1. The summed E-state index contributed by atoms with van der Waals surface area (Å²) in [4.78, 5) is 22.3. The standard InChI is InChI=1S/C32H33ClN6O2S/c1-21-35-18-29(42-21)23-4-7-28-27(17-23)36-31(39(28)19-26-11-15-40-26)20-38-13-9-25(10-14-38)41-32-8-12-34-30(37-32)16-22-2-5-24(33)6-3-22/h2-8,12,17-18,25-26H,9-11,13-16,19-20H2,1H3. The Morgan fingerprint density at radius 1 is 1.02 bits per heavy atom. The molecule has 7 rings (SSSR count). The monoisotopic (exact) mass is 600 g/mol. The molecule has 3 aromatic heterocycles. The summed E-state index contributed by atoms with van der Waals surface area (Å²) >= 11 is 7.74. The van der Waals surface area contributed by atoms with Gasteiger partial charge in [0.1, 0.15) is 17.8 Å². The van der Waals surface area contributed by atoms with Crippen molar-refractivity contribution in [3.8, 4) is 16.3 Å². The Kier molecular flexibility index (Phi) is 7.90. The van der Waals surface area contributed by atoms with Gasteiger partial charge in [-0.1, -0.05) is 29.8 Å². The lowest BCUT2D eigenvalue weighted by Gasteiger charge is -2.32. The normalized spacial score (nSPS) is 17.9. The average Bonchev–Trinajstić information content (AvgIpc) is 3.55. The molecule has 0 aliphatic carbocycles. The fourth-order valence-electron chi connectivity index (χ4n) is 5.66. The summed E-state index contributed by atoms with van der Waals surface area (Å²) in [6, 6.07) is 16.2. The number of rotatable bonds is 9. The van der Waals surface area contributed by atoms with Crippen molar-refractivity contribution in [3.05, 3.63) is 88.2 Å². The molecule has 2 aromatic carbocycles. The number of hydrogen-bond donors (Lipinski definition) is 0. The minimum Gasteiger partial charge on any atom is -0.474 e. The lowest BCUT2D eigenvalue weighted by atomic mass is 10.1. The van der Waals surface area contributed by atoms with Crippen LogP contribution in [0.1, 0.15) is 41.5 Å². The molecule has 10 heteroatoms. The van der Waals surface area contributed by atoms with Crippen LogP contribution in [0, 0.1) is 6.92 Å². The molecule has 8 nitrogen and oxygen atoms in total. The lowest BCUT2D eigenvalue weighted by Crippen LogP contribution is -2.39. The predicted molar refractivity (Wildman–Crippen MR) is 165 cm³/mol. The van der Waals surface area contributed by atoms with Crippen molar-refractivity contribution < 1.29 is 9.47 Å². The SMILES string of the molecule is Cc1ncc(-c2ccc3c(c2)nc(CN2CCC(Oc4ccnc(Cc5ccc(Cl)cc5)n4)CC2)n3CC2CCO2)s1. The number of aryl methyl sites for hydroxylation is 1. The topological polar surface area (TPSA) is 78.2 Å². The molecule has 42 heavy (non-hydrogen) atoms. The van der Waals surface area contributed by atoms with Crippen LogP contribution in [0.4, 0.5) is 0 Å². The van der Waals surface area contributed by atoms with Crippen LogP contribution in [0.5, 0.6) is 5.88 Å². The van der Waals surface area contributed by atoms with Gasteiger partial charge < -0.3 is 14.0 Å². The fraction of sp³-hybridized carbons (Fsp3) is 0.375. The molecule has 5 aromatic rings. The van der Waals surface area contributed by atoms with Crippen LogP contribution in [0.15, 0.2) is 60.9 Å². The van der Waals surface area contributed by atoms with Crippen molar-refractivity contribution in [3.63, 3.8) is 0 Å². The highest BCUT2D eigenvalue weighted by molar-refractivity contribution is 7.15. The summed E-state index contributed by atoms with van der Waals surface area (Å²) in [6.45, 7) is 6.44. The number of halogens is 1. The van der Waals surface area contributed by atoms with Crippen molar-refractivity contribution in [1.82, 2.24) is 29.4 Å². The number of fused-ring (bicyclic) bond motifs is 1. The summed E-state index contributed by atoms with van der Waals surface area (Å²) in [6.07, 6.45) is 7.76. The third kappa shape index (κ3) is 6.20. The molecule has 0 bridgehead atoms. The number of imidazole rings is 1. The molecular weight excluding hydrogens is 568 g/mol. The summed E-state index contributed by atoms with van der Waals surface area (Å²) in [5.41, 5.74) is 4.49. The van der Waals surface area contributed by atoms with Gasteiger partial charge in [-0.3, -0.25) is 4.90 Å². The zero-order valence-corrected chi connectivity index (χ0v) is 25.2. The maximum Gasteiger partial charge on any atom is 0.216 e. The van der Waals surface area contributed by atoms with E-state index in [0.717, 1.165) is 84.8 Å². The zero-order valence-electron chi connectivity index (χ0n) is 23.6. The molecule has 0 amide bonds. The Bertz CT molecular complexity index is 1670. The Labute approximate surface area is 254 Å².